The van der Waals surface area contributed by atoms with Gasteiger partial charge in [0.1, 0.15) is 5.54 Å². The molecule has 1 aliphatic heterocycles. The normalized spacial score (nSPS) is 24.0. The Morgan fingerprint density at radius 3 is 2.45 bits per heavy atom. The number of halogens is 1. The molecule has 0 bridgehead atoms. The first-order valence-corrected chi connectivity index (χ1v) is 8.26. The molecule has 1 aliphatic carbocycles. The zero-order valence-corrected chi connectivity index (χ0v) is 14.3. The van der Waals surface area contributed by atoms with E-state index in [-0.39, 0.29) is 24.3 Å². The SMILES string of the molecule is COC(=O)C1(NC(=O)CCC2CCNC2)CCCCCC1.Cl. The topological polar surface area (TPSA) is 67.4 Å². The van der Waals surface area contributed by atoms with Crippen LogP contribution in [0.3, 0.4) is 0 Å². The second kappa shape index (κ2) is 9.36. The molecular weight excluding hydrogens is 304 g/mol. The minimum absolute atomic E-state index is 0. The van der Waals surface area contributed by atoms with E-state index in [2.05, 4.69) is 10.6 Å². The molecule has 2 fully saturated rings. The number of ether oxygens (including phenoxy) is 1. The summed E-state index contributed by atoms with van der Waals surface area (Å²) in [7, 11) is 1.41. The molecule has 1 unspecified atom stereocenters. The van der Waals surface area contributed by atoms with Crippen molar-refractivity contribution in [2.75, 3.05) is 20.2 Å². The Kier molecular flexibility index (Phi) is 8.18. The molecular formula is C16H29ClN2O3. The van der Waals surface area contributed by atoms with E-state index in [9.17, 15) is 9.59 Å². The molecule has 0 radical (unpaired) electrons. The van der Waals surface area contributed by atoms with Gasteiger partial charge in [0, 0.05) is 6.42 Å². The number of carbonyl (C=O) groups is 2. The van der Waals surface area contributed by atoms with Crippen LogP contribution >= 0.6 is 12.4 Å². The highest BCUT2D eigenvalue weighted by atomic mass is 35.5. The lowest BCUT2D eigenvalue weighted by molar-refractivity contribution is -0.151. The maximum absolute atomic E-state index is 12.3. The number of rotatable bonds is 5. The average Bonchev–Trinajstić information content (AvgIpc) is 2.90. The van der Waals surface area contributed by atoms with E-state index in [1.54, 1.807) is 0 Å². The van der Waals surface area contributed by atoms with Gasteiger partial charge in [0.15, 0.2) is 0 Å². The van der Waals surface area contributed by atoms with Gasteiger partial charge in [0.2, 0.25) is 5.91 Å². The highest BCUT2D eigenvalue weighted by Crippen LogP contribution is 2.28. The van der Waals surface area contributed by atoms with Gasteiger partial charge in [-0.3, -0.25) is 4.79 Å². The average molecular weight is 333 g/mol. The predicted octanol–water partition coefficient (Wildman–Crippen LogP) is 2.18. The molecule has 2 N–H and O–H groups in total. The molecule has 5 nitrogen and oxygen atoms in total. The number of hydrogen-bond donors (Lipinski definition) is 2. The minimum atomic E-state index is -0.781. The van der Waals surface area contributed by atoms with Crippen molar-refractivity contribution in [1.82, 2.24) is 10.6 Å². The Hall–Kier alpha value is -0.810. The van der Waals surface area contributed by atoms with Crippen molar-refractivity contribution in [3.63, 3.8) is 0 Å². The number of hydrogen-bond acceptors (Lipinski definition) is 4. The molecule has 2 rings (SSSR count). The molecule has 0 spiro atoms. The van der Waals surface area contributed by atoms with Gasteiger partial charge in [-0.1, -0.05) is 25.7 Å². The summed E-state index contributed by atoms with van der Waals surface area (Å²) < 4.78 is 4.96. The van der Waals surface area contributed by atoms with E-state index in [4.69, 9.17) is 4.74 Å². The van der Waals surface area contributed by atoms with Crippen LogP contribution in [0.5, 0.6) is 0 Å². The van der Waals surface area contributed by atoms with Gasteiger partial charge in [-0.25, -0.2) is 4.79 Å². The second-order valence-corrected chi connectivity index (χ2v) is 6.43. The second-order valence-electron chi connectivity index (χ2n) is 6.43. The van der Waals surface area contributed by atoms with Crippen LogP contribution in [0.2, 0.25) is 0 Å². The smallest absolute Gasteiger partial charge is 0.331 e. The summed E-state index contributed by atoms with van der Waals surface area (Å²) in [6, 6.07) is 0. The van der Waals surface area contributed by atoms with Gasteiger partial charge in [-0.15, -0.1) is 12.4 Å². The van der Waals surface area contributed by atoms with Crippen LogP contribution in [0, 0.1) is 5.92 Å². The molecule has 1 saturated heterocycles. The third-order valence-corrected chi connectivity index (χ3v) is 4.85. The van der Waals surface area contributed by atoms with Crippen LogP contribution in [0.25, 0.3) is 0 Å². The van der Waals surface area contributed by atoms with Crippen LogP contribution in [-0.2, 0) is 14.3 Å². The quantitative estimate of drug-likeness (QED) is 0.598. The van der Waals surface area contributed by atoms with Gasteiger partial charge in [0.25, 0.3) is 0 Å². The summed E-state index contributed by atoms with van der Waals surface area (Å²) in [4.78, 5) is 24.5. The Morgan fingerprint density at radius 1 is 1.23 bits per heavy atom. The van der Waals surface area contributed by atoms with Crippen LogP contribution in [0.4, 0.5) is 0 Å². The van der Waals surface area contributed by atoms with Crippen LogP contribution < -0.4 is 10.6 Å². The summed E-state index contributed by atoms with van der Waals surface area (Å²) in [6.45, 7) is 2.06. The molecule has 1 amide bonds. The third kappa shape index (κ3) is 5.13. The van der Waals surface area contributed by atoms with E-state index in [1.807, 2.05) is 0 Å². The van der Waals surface area contributed by atoms with Crippen molar-refractivity contribution >= 4 is 24.3 Å². The maximum atomic E-state index is 12.3. The number of amides is 1. The van der Waals surface area contributed by atoms with E-state index in [1.165, 1.54) is 7.11 Å². The number of carbonyl (C=O) groups excluding carboxylic acids is 2. The fourth-order valence-electron chi connectivity index (χ4n) is 3.53. The Labute approximate surface area is 139 Å². The minimum Gasteiger partial charge on any atom is -0.467 e. The molecule has 0 aromatic carbocycles. The van der Waals surface area contributed by atoms with Gasteiger partial charge in [0.05, 0.1) is 7.11 Å². The Bertz CT molecular complexity index is 362. The zero-order valence-electron chi connectivity index (χ0n) is 13.5. The third-order valence-electron chi connectivity index (χ3n) is 4.85. The van der Waals surface area contributed by atoms with Crippen molar-refractivity contribution in [2.24, 2.45) is 5.92 Å². The fraction of sp³-hybridized carbons (Fsp3) is 0.875. The predicted molar refractivity (Wildman–Crippen MR) is 88.1 cm³/mol. The molecule has 128 valence electrons. The van der Waals surface area contributed by atoms with E-state index >= 15 is 0 Å². The first-order valence-electron chi connectivity index (χ1n) is 8.26. The first-order chi connectivity index (χ1) is 10.2. The summed E-state index contributed by atoms with van der Waals surface area (Å²) in [5.74, 6) is 0.313. The monoisotopic (exact) mass is 332 g/mol. The molecule has 0 aromatic rings. The lowest BCUT2D eigenvalue weighted by Crippen LogP contribution is -2.54. The maximum Gasteiger partial charge on any atom is 0.331 e. The summed E-state index contributed by atoms with van der Waals surface area (Å²) in [5, 5.41) is 6.33. The number of esters is 1. The van der Waals surface area contributed by atoms with E-state index < -0.39 is 5.54 Å². The van der Waals surface area contributed by atoms with Gasteiger partial charge >= 0.3 is 5.97 Å². The summed E-state index contributed by atoms with van der Waals surface area (Å²) >= 11 is 0. The zero-order chi connectivity index (χ0) is 15.1. The lowest BCUT2D eigenvalue weighted by Gasteiger charge is -2.31. The molecule has 22 heavy (non-hydrogen) atoms. The summed E-state index contributed by atoms with van der Waals surface area (Å²) in [6.07, 6.45) is 8.16. The van der Waals surface area contributed by atoms with E-state index in [0.717, 1.165) is 51.6 Å². The van der Waals surface area contributed by atoms with Gasteiger partial charge in [-0.05, 0) is 44.7 Å². The molecule has 1 atom stereocenters. The summed E-state index contributed by atoms with van der Waals surface area (Å²) in [5.41, 5.74) is -0.781. The van der Waals surface area contributed by atoms with Crippen molar-refractivity contribution in [3.05, 3.63) is 0 Å². The van der Waals surface area contributed by atoms with Crippen molar-refractivity contribution < 1.29 is 14.3 Å². The van der Waals surface area contributed by atoms with Crippen LogP contribution in [0.15, 0.2) is 0 Å². The van der Waals surface area contributed by atoms with E-state index in [0.29, 0.717) is 25.2 Å². The van der Waals surface area contributed by atoms with Crippen LogP contribution in [0.1, 0.15) is 57.8 Å². The Balaban J connectivity index is 0.00000242. The Morgan fingerprint density at radius 2 is 1.91 bits per heavy atom. The lowest BCUT2D eigenvalue weighted by atomic mass is 9.89. The molecule has 6 heteroatoms. The molecule has 2 aliphatic rings. The highest BCUT2D eigenvalue weighted by molar-refractivity contribution is 5.88. The largest absolute Gasteiger partial charge is 0.467 e. The highest BCUT2D eigenvalue weighted by Gasteiger charge is 2.40. The fourth-order valence-corrected chi connectivity index (χ4v) is 3.53. The molecule has 1 heterocycles. The molecule has 0 aromatic heterocycles. The van der Waals surface area contributed by atoms with Crippen LogP contribution in [-0.4, -0.2) is 37.6 Å². The van der Waals surface area contributed by atoms with Crippen molar-refractivity contribution in [3.8, 4) is 0 Å². The standard InChI is InChI=1S/C16H28N2O3.ClH/c1-21-15(20)16(9-4-2-3-5-10-16)18-14(19)7-6-13-8-11-17-12-13;/h13,17H,2-12H2,1H3,(H,18,19);1H. The molecule has 1 saturated carbocycles. The number of methoxy groups -OCH3 is 1. The van der Waals surface area contributed by atoms with Crippen molar-refractivity contribution in [1.29, 1.82) is 0 Å². The van der Waals surface area contributed by atoms with Gasteiger partial charge < -0.3 is 15.4 Å². The van der Waals surface area contributed by atoms with Crippen molar-refractivity contribution in [2.45, 2.75) is 63.3 Å². The number of nitrogens with one attached hydrogen (secondary N) is 2. The first kappa shape index (κ1) is 19.2. The van der Waals surface area contributed by atoms with Gasteiger partial charge in [-0.2, -0.15) is 0 Å².